The molecule has 1 saturated carbocycles. The molecule has 3 N–H and O–H groups in total. The summed E-state index contributed by atoms with van der Waals surface area (Å²) in [7, 11) is 0. The predicted octanol–water partition coefficient (Wildman–Crippen LogP) is 1.68. The molecule has 15 heavy (non-hydrogen) atoms. The van der Waals surface area contributed by atoms with Crippen LogP contribution >= 0.6 is 0 Å². The molecule has 0 aromatic carbocycles. The van der Waals surface area contributed by atoms with Gasteiger partial charge in [-0.3, -0.25) is 0 Å². The van der Waals surface area contributed by atoms with Crippen molar-refractivity contribution in [3.8, 4) is 0 Å². The summed E-state index contributed by atoms with van der Waals surface area (Å²) < 4.78 is 5.64. The third kappa shape index (κ3) is 4.49. The van der Waals surface area contributed by atoms with Crippen LogP contribution in [0.4, 0.5) is 0 Å². The zero-order valence-electron chi connectivity index (χ0n) is 9.82. The van der Waals surface area contributed by atoms with Crippen molar-refractivity contribution >= 4 is 0 Å². The van der Waals surface area contributed by atoms with Gasteiger partial charge in [-0.2, -0.15) is 0 Å². The molecule has 0 radical (unpaired) electrons. The number of rotatable bonds is 8. The molecule has 1 aliphatic rings. The van der Waals surface area contributed by atoms with Gasteiger partial charge in [0.25, 0.3) is 0 Å². The molecule has 3 nitrogen and oxygen atoms in total. The number of aliphatic hydroxyl groups is 1. The fraction of sp³-hybridized carbons (Fsp3) is 1.00. The van der Waals surface area contributed by atoms with E-state index in [9.17, 15) is 0 Å². The molecule has 0 bridgehead atoms. The molecule has 2 unspecified atom stereocenters. The van der Waals surface area contributed by atoms with E-state index in [0.717, 1.165) is 31.8 Å². The Bertz CT molecular complexity index is 160. The summed E-state index contributed by atoms with van der Waals surface area (Å²) in [6.45, 7) is 2.90. The van der Waals surface area contributed by atoms with Gasteiger partial charge in [-0.25, -0.2) is 0 Å². The van der Waals surface area contributed by atoms with Crippen LogP contribution in [0.3, 0.4) is 0 Å². The van der Waals surface area contributed by atoms with Crippen molar-refractivity contribution in [2.24, 2.45) is 11.7 Å². The molecule has 90 valence electrons. The highest BCUT2D eigenvalue weighted by Gasteiger charge is 2.20. The zero-order valence-corrected chi connectivity index (χ0v) is 9.82. The van der Waals surface area contributed by atoms with Crippen molar-refractivity contribution in [1.29, 1.82) is 0 Å². The number of hydrogen-bond acceptors (Lipinski definition) is 3. The van der Waals surface area contributed by atoms with Gasteiger partial charge in [0.1, 0.15) is 0 Å². The van der Waals surface area contributed by atoms with Crippen molar-refractivity contribution in [2.75, 3.05) is 13.2 Å². The normalized spacial score (nSPS) is 21.0. The standard InChI is InChI=1S/C12H25NO2/c1-2-4-11(13)12(9-14)15-8-7-10-5-3-6-10/h10-12,14H,2-9,13H2,1H3. The Balaban J connectivity index is 2.08. The van der Waals surface area contributed by atoms with E-state index in [0.29, 0.717) is 0 Å². The third-order valence-electron chi connectivity index (χ3n) is 3.36. The first-order valence-electron chi connectivity index (χ1n) is 6.26. The number of ether oxygens (including phenoxy) is 1. The zero-order chi connectivity index (χ0) is 11.1. The highest BCUT2D eigenvalue weighted by atomic mass is 16.5. The second-order valence-electron chi connectivity index (χ2n) is 4.63. The first-order chi connectivity index (χ1) is 7.27. The minimum Gasteiger partial charge on any atom is -0.394 e. The van der Waals surface area contributed by atoms with Crippen LogP contribution in [0.2, 0.25) is 0 Å². The fourth-order valence-corrected chi connectivity index (χ4v) is 2.00. The van der Waals surface area contributed by atoms with Crippen LogP contribution in [0.5, 0.6) is 0 Å². The summed E-state index contributed by atoms with van der Waals surface area (Å²) in [4.78, 5) is 0. The van der Waals surface area contributed by atoms with Crippen LogP contribution in [0, 0.1) is 5.92 Å². The Morgan fingerprint density at radius 3 is 2.67 bits per heavy atom. The van der Waals surface area contributed by atoms with Crippen LogP contribution in [-0.4, -0.2) is 30.5 Å². The topological polar surface area (TPSA) is 55.5 Å². The average molecular weight is 215 g/mol. The Kier molecular flexibility index (Phi) is 6.22. The number of hydrogen-bond donors (Lipinski definition) is 2. The molecule has 1 fully saturated rings. The lowest BCUT2D eigenvalue weighted by molar-refractivity contribution is -0.0126. The molecule has 0 aromatic rings. The Labute approximate surface area is 93.0 Å². The van der Waals surface area contributed by atoms with Crippen molar-refractivity contribution in [2.45, 2.75) is 57.6 Å². The molecule has 2 atom stereocenters. The predicted molar refractivity (Wildman–Crippen MR) is 61.7 cm³/mol. The minimum absolute atomic E-state index is 0.0126. The maximum atomic E-state index is 9.15. The van der Waals surface area contributed by atoms with E-state index >= 15 is 0 Å². The molecule has 0 saturated heterocycles. The highest BCUT2D eigenvalue weighted by Crippen LogP contribution is 2.29. The van der Waals surface area contributed by atoms with E-state index in [1.807, 2.05) is 0 Å². The van der Waals surface area contributed by atoms with E-state index in [1.54, 1.807) is 0 Å². The highest BCUT2D eigenvalue weighted by molar-refractivity contribution is 4.73. The van der Waals surface area contributed by atoms with Crippen LogP contribution in [0.1, 0.15) is 45.4 Å². The summed E-state index contributed by atoms with van der Waals surface area (Å²) in [6.07, 6.45) is 7.03. The molecule has 0 heterocycles. The van der Waals surface area contributed by atoms with Gasteiger partial charge in [0.15, 0.2) is 0 Å². The largest absolute Gasteiger partial charge is 0.394 e. The van der Waals surface area contributed by atoms with Gasteiger partial charge in [0.05, 0.1) is 12.7 Å². The maximum absolute atomic E-state index is 9.15. The first kappa shape index (κ1) is 12.9. The molecule has 1 aliphatic carbocycles. The lowest BCUT2D eigenvalue weighted by atomic mass is 9.83. The Morgan fingerprint density at radius 1 is 1.47 bits per heavy atom. The van der Waals surface area contributed by atoms with Crippen molar-refractivity contribution in [3.05, 3.63) is 0 Å². The van der Waals surface area contributed by atoms with E-state index in [-0.39, 0.29) is 18.8 Å². The molecule has 0 amide bonds. The molecule has 3 heteroatoms. The Hall–Kier alpha value is -0.120. The van der Waals surface area contributed by atoms with Gasteiger partial charge >= 0.3 is 0 Å². The third-order valence-corrected chi connectivity index (χ3v) is 3.36. The van der Waals surface area contributed by atoms with Gasteiger partial charge in [-0.05, 0) is 18.8 Å². The van der Waals surface area contributed by atoms with Crippen molar-refractivity contribution < 1.29 is 9.84 Å². The van der Waals surface area contributed by atoms with Gasteiger partial charge < -0.3 is 15.6 Å². The number of aliphatic hydroxyl groups excluding tert-OH is 1. The molecule has 0 aliphatic heterocycles. The molecular formula is C12H25NO2. The number of nitrogens with two attached hydrogens (primary N) is 1. The first-order valence-corrected chi connectivity index (χ1v) is 6.26. The van der Waals surface area contributed by atoms with Crippen LogP contribution < -0.4 is 5.73 Å². The summed E-state index contributed by atoms with van der Waals surface area (Å²) in [5.41, 5.74) is 5.92. The second-order valence-corrected chi connectivity index (χ2v) is 4.63. The lowest BCUT2D eigenvalue weighted by Gasteiger charge is -2.27. The summed E-state index contributed by atoms with van der Waals surface area (Å²) >= 11 is 0. The van der Waals surface area contributed by atoms with Gasteiger partial charge in [0, 0.05) is 12.6 Å². The van der Waals surface area contributed by atoms with E-state index < -0.39 is 0 Å². The van der Waals surface area contributed by atoms with Crippen molar-refractivity contribution in [1.82, 2.24) is 0 Å². The lowest BCUT2D eigenvalue weighted by Crippen LogP contribution is -2.39. The molecular weight excluding hydrogens is 190 g/mol. The maximum Gasteiger partial charge on any atom is 0.0956 e. The monoisotopic (exact) mass is 215 g/mol. The fourth-order valence-electron chi connectivity index (χ4n) is 2.00. The molecule has 0 aromatic heterocycles. The van der Waals surface area contributed by atoms with Crippen LogP contribution in [0.15, 0.2) is 0 Å². The van der Waals surface area contributed by atoms with Gasteiger partial charge in [-0.1, -0.05) is 32.6 Å². The smallest absolute Gasteiger partial charge is 0.0956 e. The Morgan fingerprint density at radius 2 is 2.20 bits per heavy atom. The van der Waals surface area contributed by atoms with E-state index in [2.05, 4.69) is 6.92 Å². The van der Waals surface area contributed by atoms with Crippen LogP contribution in [-0.2, 0) is 4.74 Å². The summed E-state index contributed by atoms with van der Waals surface area (Å²) in [5.74, 6) is 0.867. The van der Waals surface area contributed by atoms with Gasteiger partial charge in [0.2, 0.25) is 0 Å². The van der Waals surface area contributed by atoms with E-state index in [1.165, 1.54) is 19.3 Å². The van der Waals surface area contributed by atoms with Crippen molar-refractivity contribution in [3.63, 3.8) is 0 Å². The average Bonchev–Trinajstić information content (AvgIpc) is 2.15. The SMILES string of the molecule is CCCC(N)C(CO)OCCC1CCC1. The molecule has 1 rings (SSSR count). The minimum atomic E-state index is -0.162. The quantitative estimate of drug-likeness (QED) is 0.647. The van der Waals surface area contributed by atoms with E-state index in [4.69, 9.17) is 15.6 Å². The summed E-state index contributed by atoms with van der Waals surface area (Å²) in [6, 6.07) is -0.0126. The molecule has 0 spiro atoms. The summed E-state index contributed by atoms with van der Waals surface area (Å²) in [5, 5.41) is 9.15. The second kappa shape index (κ2) is 7.20. The van der Waals surface area contributed by atoms with Crippen LogP contribution in [0.25, 0.3) is 0 Å². The van der Waals surface area contributed by atoms with Gasteiger partial charge in [-0.15, -0.1) is 0 Å².